The third kappa shape index (κ3) is 13.4. The third-order valence-electron chi connectivity index (χ3n) is 8.79. The van der Waals surface area contributed by atoms with E-state index in [0.717, 1.165) is 37.0 Å². The Labute approximate surface area is 297 Å². The van der Waals surface area contributed by atoms with E-state index < -0.39 is 11.6 Å². The molecule has 0 aromatic heterocycles. The maximum absolute atomic E-state index is 10.3. The Morgan fingerprint density at radius 3 is 1.76 bits per heavy atom. The van der Waals surface area contributed by atoms with Crippen molar-refractivity contribution in [1.29, 1.82) is 0 Å². The second kappa shape index (κ2) is 22.1. The highest BCUT2D eigenvalue weighted by atomic mass is 16.6. The molecule has 2 aromatic carbocycles. The first kappa shape index (κ1) is 39.9. The topological polar surface area (TPSA) is 120 Å². The molecule has 50 heavy (non-hydrogen) atoms. The quantitative estimate of drug-likeness (QED) is 0.133. The van der Waals surface area contributed by atoms with Crippen LogP contribution in [0.4, 0.5) is 0 Å². The number of carboxylic acids is 1. The first-order valence-corrected chi connectivity index (χ1v) is 17.8. The third-order valence-corrected chi connectivity index (χ3v) is 8.79. The fourth-order valence-corrected chi connectivity index (χ4v) is 6.53. The van der Waals surface area contributed by atoms with Crippen molar-refractivity contribution in [3.63, 3.8) is 0 Å². The van der Waals surface area contributed by atoms with Gasteiger partial charge in [-0.1, -0.05) is 48.0 Å². The summed E-state index contributed by atoms with van der Waals surface area (Å²) >= 11 is 0. The molecule has 0 amide bonds. The van der Waals surface area contributed by atoms with Gasteiger partial charge in [0, 0.05) is 5.57 Å². The van der Waals surface area contributed by atoms with Crippen molar-refractivity contribution < 1.29 is 52.5 Å². The van der Waals surface area contributed by atoms with Crippen LogP contribution in [0.2, 0.25) is 0 Å². The molecule has 2 aromatic rings. The molecule has 0 bridgehead atoms. The van der Waals surface area contributed by atoms with Gasteiger partial charge in [-0.15, -0.1) is 0 Å². The fourth-order valence-electron chi connectivity index (χ4n) is 6.53. The van der Waals surface area contributed by atoms with E-state index in [9.17, 15) is 4.79 Å². The van der Waals surface area contributed by atoms with E-state index in [2.05, 4.69) is 45.0 Å². The summed E-state index contributed by atoms with van der Waals surface area (Å²) in [6, 6.07) is 14.8. The Hall–Kier alpha value is -2.87. The molecule has 0 atom stereocenters. The van der Waals surface area contributed by atoms with Gasteiger partial charge < -0.3 is 47.7 Å². The lowest BCUT2D eigenvalue weighted by Crippen LogP contribution is -2.39. The summed E-state index contributed by atoms with van der Waals surface area (Å²) in [6.07, 6.45) is 3.71. The zero-order valence-electron chi connectivity index (χ0n) is 30.1. The Morgan fingerprint density at radius 2 is 1.24 bits per heavy atom. The van der Waals surface area contributed by atoms with Crippen LogP contribution in [0.5, 0.6) is 0 Å². The Morgan fingerprint density at radius 1 is 0.740 bits per heavy atom. The molecule has 1 aliphatic heterocycles. The van der Waals surface area contributed by atoms with Crippen LogP contribution < -0.4 is 0 Å². The molecule has 1 spiro atoms. The highest BCUT2D eigenvalue weighted by molar-refractivity contribution is 5.76. The van der Waals surface area contributed by atoms with Crippen molar-refractivity contribution in [3.05, 3.63) is 76.0 Å². The first-order valence-electron chi connectivity index (χ1n) is 17.8. The predicted molar refractivity (Wildman–Crippen MR) is 188 cm³/mol. The minimum atomic E-state index is -0.992. The summed E-state index contributed by atoms with van der Waals surface area (Å²) in [5, 5.41) is 8.47. The lowest BCUT2D eigenvalue weighted by molar-refractivity contribution is -0.142. The summed E-state index contributed by atoms with van der Waals surface area (Å²) < 4.78 is 51.9. The van der Waals surface area contributed by atoms with Crippen LogP contribution >= 0.6 is 0 Å². The average Bonchev–Trinajstić information content (AvgIpc) is 3.43. The maximum Gasteiger partial charge on any atom is 0.329 e. The number of aliphatic carboxylic acids is 1. The van der Waals surface area contributed by atoms with Crippen LogP contribution in [-0.4, -0.2) is 115 Å². The zero-order chi connectivity index (χ0) is 35.4. The molecular weight excluding hydrogens is 644 g/mol. The van der Waals surface area contributed by atoms with E-state index >= 15 is 0 Å². The first-order chi connectivity index (χ1) is 24.4. The second-order valence-electron chi connectivity index (χ2n) is 12.7. The van der Waals surface area contributed by atoms with Crippen LogP contribution in [0.1, 0.15) is 53.5 Å². The summed E-state index contributed by atoms with van der Waals surface area (Å²) in [5.41, 5.74) is 6.96. The molecule has 0 radical (unpaired) electrons. The molecule has 1 aliphatic carbocycles. The van der Waals surface area contributed by atoms with Crippen LogP contribution in [0.25, 0.3) is 5.57 Å². The van der Waals surface area contributed by atoms with Crippen molar-refractivity contribution >= 4 is 11.5 Å². The summed E-state index contributed by atoms with van der Waals surface area (Å²) in [4.78, 5) is 10.3. The average molecular weight is 701 g/mol. The van der Waals surface area contributed by atoms with Gasteiger partial charge in [0.15, 0.2) is 0 Å². The van der Waals surface area contributed by atoms with E-state index in [-0.39, 0.29) is 19.3 Å². The molecular formula is C39H56O11. The molecule has 11 heteroatoms. The van der Waals surface area contributed by atoms with Gasteiger partial charge in [-0.25, -0.2) is 4.79 Å². The number of hydrogen-bond acceptors (Lipinski definition) is 10. The Kier molecular flexibility index (Phi) is 17.7. The molecule has 1 saturated carbocycles. The summed E-state index contributed by atoms with van der Waals surface area (Å²) in [5.74, 6) is 0.00613. The molecule has 2 aliphatic rings. The highest BCUT2D eigenvalue weighted by Crippen LogP contribution is 2.48. The minimum Gasteiger partial charge on any atom is -0.490 e. The molecule has 0 unspecified atom stereocenters. The molecule has 4 rings (SSSR count). The molecule has 278 valence electrons. The van der Waals surface area contributed by atoms with Gasteiger partial charge in [0.05, 0.1) is 92.0 Å². The van der Waals surface area contributed by atoms with Crippen LogP contribution in [0.15, 0.2) is 48.2 Å². The van der Waals surface area contributed by atoms with Crippen molar-refractivity contribution in [2.45, 2.75) is 64.8 Å². The van der Waals surface area contributed by atoms with E-state index in [4.69, 9.17) is 47.7 Å². The van der Waals surface area contributed by atoms with E-state index in [1.807, 2.05) is 18.2 Å². The SMILES string of the molecule is Cc1cc(C)c(C2=C(OCc3ccccc3)C3(CCC(OCCOCCOCCOCCOCCOCCOCC(=O)O)CC3)OC2)c(C)c1. The van der Waals surface area contributed by atoms with Crippen LogP contribution in [-0.2, 0) is 54.0 Å². The number of rotatable bonds is 25. The Balaban J connectivity index is 1.06. The van der Waals surface area contributed by atoms with Gasteiger partial charge in [0.25, 0.3) is 0 Å². The predicted octanol–water partition coefficient (Wildman–Crippen LogP) is 5.45. The number of ether oxygens (including phenoxy) is 9. The monoisotopic (exact) mass is 700 g/mol. The van der Waals surface area contributed by atoms with Gasteiger partial charge in [-0.2, -0.15) is 0 Å². The molecule has 1 heterocycles. The van der Waals surface area contributed by atoms with E-state index in [0.29, 0.717) is 85.9 Å². The Bertz CT molecular complexity index is 1280. The van der Waals surface area contributed by atoms with Crippen LogP contribution in [0.3, 0.4) is 0 Å². The van der Waals surface area contributed by atoms with Crippen molar-refractivity contribution in [1.82, 2.24) is 0 Å². The number of aryl methyl sites for hydroxylation is 3. The lowest BCUT2D eigenvalue weighted by atomic mass is 9.80. The van der Waals surface area contributed by atoms with Crippen molar-refractivity contribution in [3.8, 4) is 0 Å². The van der Waals surface area contributed by atoms with E-state index in [1.165, 1.54) is 27.8 Å². The van der Waals surface area contributed by atoms with Crippen molar-refractivity contribution in [2.24, 2.45) is 0 Å². The molecule has 11 nitrogen and oxygen atoms in total. The fraction of sp³-hybridized carbons (Fsp3) is 0.615. The molecule has 0 saturated heterocycles. The largest absolute Gasteiger partial charge is 0.490 e. The number of benzene rings is 2. The minimum absolute atomic E-state index is 0.171. The number of hydrogen-bond donors (Lipinski definition) is 1. The van der Waals surface area contributed by atoms with Gasteiger partial charge in [0.2, 0.25) is 0 Å². The van der Waals surface area contributed by atoms with E-state index in [1.54, 1.807) is 0 Å². The van der Waals surface area contributed by atoms with Crippen LogP contribution in [0, 0.1) is 20.8 Å². The standard InChI is InChI=1S/C39H56O11/c1-30-25-31(2)37(32(3)26-30)35-28-50-39(38(35)49-27-33-7-5-4-6-8-33)11-9-34(10-12-39)48-24-23-46-20-19-44-16-15-42-13-14-43-17-18-45-21-22-47-29-36(40)41/h4-8,25-26,34H,9-24,27-29H2,1-3H3,(H,40,41). The summed E-state index contributed by atoms with van der Waals surface area (Å²) in [6.45, 7) is 12.7. The highest BCUT2D eigenvalue weighted by Gasteiger charge is 2.47. The molecule has 1 fully saturated rings. The molecule has 1 N–H and O–H groups in total. The number of carboxylic acid groups (broad SMARTS) is 1. The normalized spacial score (nSPS) is 19.1. The smallest absolute Gasteiger partial charge is 0.329 e. The van der Waals surface area contributed by atoms with Crippen molar-refractivity contribution in [2.75, 3.05) is 92.5 Å². The summed E-state index contributed by atoms with van der Waals surface area (Å²) in [7, 11) is 0. The van der Waals surface area contributed by atoms with Gasteiger partial charge in [0.1, 0.15) is 24.6 Å². The van der Waals surface area contributed by atoms with Gasteiger partial charge in [-0.05, 0) is 68.7 Å². The van der Waals surface area contributed by atoms with Gasteiger partial charge in [-0.3, -0.25) is 0 Å². The van der Waals surface area contributed by atoms with Gasteiger partial charge >= 0.3 is 5.97 Å². The second-order valence-corrected chi connectivity index (χ2v) is 12.7. The number of carbonyl (C=O) groups is 1. The lowest BCUT2D eigenvalue weighted by Gasteiger charge is -2.38. The maximum atomic E-state index is 10.3. The zero-order valence-corrected chi connectivity index (χ0v) is 30.1.